The number of ether oxygens (including phenoxy) is 1. The number of hydrogen-bond donors (Lipinski definition) is 2. The number of alkyl halides is 3. The van der Waals surface area contributed by atoms with Gasteiger partial charge < -0.3 is 34.9 Å². The van der Waals surface area contributed by atoms with Gasteiger partial charge in [0, 0.05) is 43.2 Å². The molecule has 2 heterocycles. The van der Waals surface area contributed by atoms with Crippen LogP contribution in [-0.2, 0) is 18.8 Å². The van der Waals surface area contributed by atoms with E-state index >= 15 is 0 Å². The molecule has 3 N–H and O–H groups in total. The van der Waals surface area contributed by atoms with E-state index in [2.05, 4.69) is 32.0 Å². The predicted molar refractivity (Wildman–Crippen MR) is 147 cm³/mol. The molecule has 2 fully saturated rings. The molecule has 2 saturated heterocycles. The number of anilines is 3. The summed E-state index contributed by atoms with van der Waals surface area (Å²) in [6.45, 7) is 11.2. The molecule has 1 unspecified atom stereocenters. The van der Waals surface area contributed by atoms with Crippen molar-refractivity contribution < 1.29 is 36.8 Å². The zero-order chi connectivity index (χ0) is 29.3. The normalized spacial score (nSPS) is 19.3. The molecule has 0 aliphatic carbocycles. The molecule has 0 aromatic heterocycles. The molecule has 9 nitrogen and oxygen atoms in total. The van der Waals surface area contributed by atoms with Gasteiger partial charge in [-0.1, -0.05) is 12.1 Å². The topological polar surface area (TPSA) is 106 Å². The van der Waals surface area contributed by atoms with E-state index in [4.69, 9.17) is 15.0 Å². The van der Waals surface area contributed by atoms with Crippen LogP contribution < -0.4 is 26.3 Å². The summed E-state index contributed by atoms with van der Waals surface area (Å²) in [4.78, 5) is 27.7. The minimum Gasteiger partial charge on any atom is -0.436 e. The Morgan fingerprint density at radius 2 is 1.38 bits per heavy atom. The number of carbonyl (C=O) groups excluding carboxylic acids is 2. The van der Waals surface area contributed by atoms with E-state index in [-0.39, 0.29) is 5.69 Å². The Morgan fingerprint density at radius 3 is 1.80 bits per heavy atom. The van der Waals surface area contributed by atoms with Gasteiger partial charge in [-0.3, -0.25) is 4.79 Å². The van der Waals surface area contributed by atoms with Gasteiger partial charge in [-0.2, -0.15) is 13.2 Å². The minimum atomic E-state index is -4.71. The lowest BCUT2D eigenvalue weighted by Gasteiger charge is -2.37. The van der Waals surface area contributed by atoms with E-state index in [1.54, 1.807) is 24.3 Å². The second-order valence-corrected chi connectivity index (χ2v) is 10.9. The Balaban J connectivity index is 1.30. The summed E-state index contributed by atoms with van der Waals surface area (Å²) >= 11 is 0. The Morgan fingerprint density at radius 1 is 0.925 bits per heavy atom. The number of hydrogen-bond acceptors (Lipinski definition) is 7. The lowest BCUT2D eigenvalue weighted by molar-refractivity contribution is -0.160. The van der Waals surface area contributed by atoms with Crippen molar-refractivity contribution in [2.24, 2.45) is 5.73 Å². The fourth-order valence-corrected chi connectivity index (χ4v) is 4.56. The van der Waals surface area contributed by atoms with Gasteiger partial charge in [0.25, 0.3) is 5.91 Å². The lowest BCUT2D eigenvalue weighted by Crippen LogP contribution is -2.46. The summed E-state index contributed by atoms with van der Waals surface area (Å²) in [7, 11) is -0.408. The quantitative estimate of drug-likeness (QED) is 0.497. The third-order valence-corrected chi connectivity index (χ3v) is 7.53. The van der Waals surface area contributed by atoms with E-state index in [1.807, 2.05) is 39.8 Å². The highest BCUT2D eigenvalue weighted by atomic mass is 19.4. The summed E-state index contributed by atoms with van der Waals surface area (Å²) < 4.78 is 54.9. The first-order valence-corrected chi connectivity index (χ1v) is 13.0. The van der Waals surface area contributed by atoms with Gasteiger partial charge in [-0.15, -0.1) is 0 Å². The molecular weight excluding hydrogens is 528 g/mol. The van der Waals surface area contributed by atoms with Crippen molar-refractivity contribution >= 4 is 41.6 Å². The van der Waals surface area contributed by atoms with Gasteiger partial charge >= 0.3 is 19.4 Å². The van der Waals surface area contributed by atoms with Crippen molar-refractivity contribution in [3.8, 4) is 0 Å². The van der Waals surface area contributed by atoms with Crippen LogP contribution >= 0.6 is 0 Å². The number of nitrogens with zero attached hydrogens (tertiary/aromatic N) is 2. The number of halogens is 3. The van der Waals surface area contributed by atoms with Gasteiger partial charge in [-0.25, -0.2) is 4.79 Å². The molecule has 4 rings (SSSR count). The molecule has 2 amide bonds. The number of nitrogens with two attached hydrogens (primary N) is 1. The Bertz CT molecular complexity index is 1180. The fraction of sp³-hybridized carbons (Fsp3) is 0.481. The Hall–Kier alpha value is -3.45. The van der Waals surface area contributed by atoms with E-state index in [0.717, 1.165) is 43.0 Å². The molecule has 2 aliphatic heterocycles. The standard InChI is InChI=1S/C27H34BF3N4O5/c1-25(2)26(3,4)40-28(39-25)18-5-9-20(10-6-18)34-13-15-35(16-14-34)21-11-7-19(8-12-21)33-23(36)22(38-24(32)37)17-27(29,30)31/h5-12,22H,13-17H2,1-4H3,(H2,32,37)(H,33,36). The summed E-state index contributed by atoms with van der Waals surface area (Å²) in [5.74, 6) is -1.11. The van der Waals surface area contributed by atoms with Crippen LogP contribution in [0.2, 0.25) is 0 Å². The monoisotopic (exact) mass is 562 g/mol. The highest BCUT2D eigenvalue weighted by molar-refractivity contribution is 6.62. The number of rotatable bonds is 7. The zero-order valence-corrected chi connectivity index (χ0v) is 23.0. The summed E-state index contributed by atoms with van der Waals surface area (Å²) in [6, 6.07) is 14.9. The molecule has 0 spiro atoms. The molecule has 0 bridgehead atoms. The van der Waals surface area contributed by atoms with Crippen molar-refractivity contribution in [1.29, 1.82) is 0 Å². The Labute approximate surface area is 231 Å². The third-order valence-electron chi connectivity index (χ3n) is 7.53. The molecule has 13 heteroatoms. The maximum Gasteiger partial charge on any atom is 0.494 e. The van der Waals surface area contributed by atoms with Crippen molar-refractivity contribution in [1.82, 2.24) is 0 Å². The van der Waals surface area contributed by atoms with Gasteiger partial charge in [0.1, 0.15) is 0 Å². The number of carbonyl (C=O) groups is 2. The summed E-state index contributed by atoms with van der Waals surface area (Å²) in [6.07, 6.45) is -9.87. The molecule has 0 radical (unpaired) electrons. The largest absolute Gasteiger partial charge is 0.494 e. The first-order valence-electron chi connectivity index (χ1n) is 13.0. The first kappa shape index (κ1) is 29.5. The van der Waals surface area contributed by atoms with Gasteiger partial charge in [0.2, 0.25) is 0 Å². The Kier molecular flexibility index (Phi) is 8.27. The van der Waals surface area contributed by atoms with Gasteiger partial charge in [0.05, 0.1) is 17.6 Å². The fourth-order valence-electron chi connectivity index (χ4n) is 4.56. The van der Waals surface area contributed by atoms with E-state index in [9.17, 15) is 22.8 Å². The molecule has 2 aliphatic rings. The van der Waals surface area contributed by atoms with Crippen molar-refractivity contribution in [2.75, 3.05) is 41.3 Å². The zero-order valence-electron chi connectivity index (χ0n) is 23.0. The third kappa shape index (κ3) is 7.00. The highest BCUT2D eigenvalue weighted by Crippen LogP contribution is 2.36. The molecule has 216 valence electrons. The van der Waals surface area contributed by atoms with Crippen LogP contribution in [-0.4, -0.2) is 68.8 Å². The SMILES string of the molecule is CC1(C)OB(c2ccc(N3CCN(c4ccc(NC(=O)C(CC(F)(F)F)OC(N)=O)cc4)CC3)cc2)OC1(C)C. The second-order valence-electron chi connectivity index (χ2n) is 10.9. The van der Waals surface area contributed by atoms with Crippen LogP contribution in [0.15, 0.2) is 48.5 Å². The van der Waals surface area contributed by atoms with Crippen LogP contribution in [0.25, 0.3) is 0 Å². The smallest absolute Gasteiger partial charge is 0.436 e. The molecular formula is C27H34BF3N4O5. The number of piperazine rings is 1. The minimum absolute atomic E-state index is 0.273. The molecule has 40 heavy (non-hydrogen) atoms. The van der Waals surface area contributed by atoms with Gasteiger partial charge in [0.15, 0.2) is 6.10 Å². The van der Waals surface area contributed by atoms with Crippen LogP contribution in [0, 0.1) is 0 Å². The van der Waals surface area contributed by atoms with Crippen LogP contribution in [0.3, 0.4) is 0 Å². The van der Waals surface area contributed by atoms with Crippen molar-refractivity contribution in [3.63, 3.8) is 0 Å². The van der Waals surface area contributed by atoms with E-state index in [0.29, 0.717) is 0 Å². The van der Waals surface area contributed by atoms with Crippen LogP contribution in [0.1, 0.15) is 34.1 Å². The summed E-state index contributed by atoms with van der Waals surface area (Å²) in [5, 5.41) is 2.35. The second kappa shape index (κ2) is 11.2. The first-order chi connectivity index (χ1) is 18.6. The van der Waals surface area contributed by atoms with Crippen molar-refractivity contribution in [2.45, 2.75) is 57.6 Å². The number of nitrogens with one attached hydrogen (secondary N) is 1. The van der Waals surface area contributed by atoms with Crippen LogP contribution in [0.5, 0.6) is 0 Å². The van der Waals surface area contributed by atoms with Gasteiger partial charge in [-0.05, 0) is 69.6 Å². The number of benzene rings is 2. The van der Waals surface area contributed by atoms with Crippen molar-refractivity contribution in [3.05, 3.63) is 48.5 Å². The molecule has 0 saturated carbocycles. The lowest BCUT2D eigenvalue weighted by atomic mass is 9.79. The predicted octanol–water partition coefficient (Wildman–Crippen LogP) is 3.67. The molecule has 1 atom stereocenters. The molecule has 2 aromatic carbocycles. The number of primary amides is 1. The average molecular weight is 562 g/mol. The average Bonchev–Trinajstić information content (AvgIpc) is 3.10. The van der Waals surface area contributed by atoms with E-state index < -0.39 is 49.0 Å². The number of amides is 2. The maximum atomic E-state index is 12.8. The molecule has 2 aromatic rings. The summed E-state index contributed by atoms with van der Waals surface area (Å²) in [5.41, 5.74) is 7.28. The van der Waals surface area contributed by atoms with E-state index in [1.165, 1.54) is 0 Å². The van der Waals surface area contributed by atoms with Crippen LogP contribution in [0.4, 0.5) is 35.0 Å². The highest BCUT2D eigenvalue weighted by Gasteiger charge is 2.51. The maximum absolute atomic E-state index is 12.8.